The molecule has 0 heterocycles. The van der Waals surface area contributed by atoms with Crippen molar-refractivity contribution in [2.24, 2.45) is 11.8 Å². The third-order valence-electron chi connectivity index (χ3n) is 10.9. The second-order valence-electron chi connectivity index (χ2n) is 16.2. The molecule has 2 unspecified atom stereocenters. The highest BCUT2D eigenvalue weighted by Gasteiger charge is 2.19. The van der Waals surface area contributed by atoms with Gasteiger partial charge in [0.1, 0.15) is 13.2 Å². The Morgan fingerprint density at radius 3 is 1.00 bits per heavy atom. The molecule has 0 rings (SSSR count). The van der Waals surface area contributed by atoms with Crippen molar-refractivity contribution in [1.82, 2.24) is 0 Å². The third kappa shape index (κ3) is 36.8. The van der Waals surface area contributed by atoms with Gasteiger partial charge in [0.05, 0.1) is 0 Å². The molecule has 52 heavy (non-hydrogen) atoms. The van der Waals surface area contributed by atoms with Gasteiger partial charge in [-0.05, 0) is 31.1 Å². The van der Waals surface area contributed by atoms with Gasteiger partial charge >= 0.3 is 17.9 Å². The van der Waals surface area contributed by atoms with Crippen LogP contribution in [0.3, 0.4) is 0 Å². The Labute approximate surface area is 323 Å². The molecule has 0 aliphatic rings. The lowest BCUT2D eigenvalue weighted by atomic mass is 9.99. The number of unbranched alkanes of at least 4 members (excludes halogenated alkanes) is 23. The van der Waals surface area contributed by atoms with Crippen molar-refractivity contribution < 1.29 is 28.6 Å². The zero-order chi connectivity index (χ0) is 38.3. The molecule has 0 radical (unpaired) electrons. The van der Waals surface area contributed by atoms with E-state index in [1.165, 1.54) is 135 Å². The first-order valence-corrected chi connectivity index (χ1v) is 22.8. The average Bonchev–Trinajstić information content (AvgIpc) is 3.14. The predicted octanol–water partition coefficient (Wildman–Crippen LogP) is 14.2. The summed E-state index contributed by atoms with van der Waals surface area (Å²) in [7, 11) is 0. The van der Waals surface area contributed by atoms with Crippen LogP contribution in [0.15, 0.2) is 0 Å². The summed E-state index contributed by atoms with van der Waals surface area (Å²) in [5.41, 5.74) is 0. The fraction of sp³-hybridized carbons (Fsp3) is 0.935. The van der Waals surface area contributed by atoms with Crippen LogP contribution >= 0.6 is 0 Å². The van der Waals surface area contributed by atoms with Crippen LogP contribution in [0.25, 0.3) is 0 Å². The van der Waals surface area contributed by atoms with Crippen molar-refractivity contribution in [3.8, 4) is 0 Å². The van der Waals surface area contributed by atoms with Crippen LogP contribution in [-0.4, -0.2) is 37.2 Å². The van der Waals surface area contributed by atoms with Crippen molar-refractivity contribution in [2.75, 3.05) is 13.2 Å². The van der Waals surface area contributed by atoms with E-state index in [0.29, 0.717) is 19.3 Å². The molecule has 0 aromatic heterocycles. The Hall–Kier alpha value is -1.59. The smallest absolute Gasteiger partial charge is 0.306 e. The van der Waals surface area contributed by atoms with Gasteiger partial charge in [0.25, 0.3) is 0 Å². The van der Waals surface area contributed by atoms with E-state index in [2.05, 4.69) is 34.6 Å². The molecule has 3 atom stereocenters. The standard InChI is InChI=1S/C46H88O6/c1-6-9-10-11-12-13-17-20-26-31-36-44(47)50-39-43(40-51-45(48)37-32-27-23-22-25-30-35-42(5)8-3)52-46(49)38-33-28-21-18-15-14-16-19-24-29-34-41(4)7-2/h41-43H,6-40H2,1-5H3/t41?,42?,43-/m1/s1. The minimum atomic E-state index is -0.760. The average molecular weight is 737 g/mol. The molecule has 0 bridgehead atoms. The lowest BCUT2D eigenvalue weighted by molar-refractivity contribution is -0.167. The summed E-state index contributed by atoms with van der Waals surface area (Å²) >= 11 is 0. The fourth-order valence-corrected chi connectivity index (χ4v) is 6.69. The van der Waals surface area contributed by atoms with E-state index in [1.807, 2.05) is 0 Å². The van der Waals surface area contributed by atoms with E-state index in [9.17, 15) is 14.4 Å². The van der Waals surface area contributed by atoms with Crippen molar-refractivity contribution in [3.63, 3.8) is 0 Å². The van der Waals surface area contributed by atoms with Gasteiger partial charge in [0, 0.05) is 19.3 Å². The van der Waals surface area contributed by atoms with Gasteiger partial charge in [-0.25, -0.2) is 0 Å². The van der Waals surface area contributed by atoms with Gasteiger partial charge in [0.2, 0.25) is 0 Å². The fourth-order valence-electron chi connectivity index (χ4n) is 6.69. The normalized spacial score (nSPS) is 13.1. The molecule has 0 aliphatic heterocycles. The third-order valence-corrected chi connectivity index (χ3v) is 10.9. The van der Waals surface area contributed by atoms with Crippen LogP contribution in [0.4, 0.5) is 0 Å². The minimum Gasteiger partial charge on any atom is -0.462 e. The number of carbonyl (C=O) groups excluding carboxylic acids is 3. The van der Waals surface area contributed by atoms with Crippen LogP contribution < -0.4 is 0 Å². The van der Waals surface area contributed by atoms with E-state index >= 15 is 0 Å². The second kappa shape index (κ2) is 39.1. The SMILES string of the molecule is CCCCCCCCCCCCC(=O)OC[C@H](COC(=O)CCCCCCCCC(C)CC)OC(=O)CCCCCCCCCCCCC(C)CC. The summed E-state index contributed by atoms with van der Waals surface area (Å²) in [5, 5.41) is 0. The molecular weight excluding hydrogens is 648 g/mol. The monoisotopic (exact) mass is 737 g/mol. The number of esters is 3. The summed E-state index contributed by atoms with van der Waals surface area (Å²) in [6, 6.07) is 0. The summed E-state index contributed by atoms with van der Waals surface area (Å²) < 4.78 is 16.7. The topological polar surface area (TPSA) is 78.9 Å². The van der Waals surface area contributed by atoms with Gasteiger partial charge in [0.15, 0.2) is 6.10 Å². The Morgan fingerprint density at radius 1 is 0.385 bits per heavy atom. The zero-order valence-electron chi connectivity index (χ0n) is 35.4. The summed E-state index contributed by atoms with van der Waals surface area (Å²) in [6.07, 6.45) is 36.5. The number of ether oxygens (including phenoxy) is 3. The Morgan fingerprint density at radius 2 is 0.673 bits per heavy atom. The number of hydrogen-bond acceptors (Lipinski definition) is 6. The van der Waals surface area contributed by atoms with Crippen LogP contribution in [-0.2, 0) is 28.6 Å². The quantitative estimate of drug-likeness (QED) is 0.0354. The lowest BCUT2D eigenvalue weighted by Crippen LogP contribution is -2.30. The first kappa shape index (κ1) is 50.4. The van der Waals surface area contributed by atoms with Gasteiger partial charge in [-0.15, -0.1) is 0 Å². The molecule has 6 heteroatoms. The predicted molar refractivity (Wildman–Crippen MR) is 220 cm³/mol. The molecular formula is C46H88O6. The Balaban J connectivity index is 4.35. The van der Waals surface area contributed by atoms with Gasteiger partial charge in [-0.2, -0.15) is 0 Å². The van der Waals surface area contributed by atoms with Crippen LogP contribution in [0.5, 0.6) is 0 Å². The van der Waals surface area contributed by atoms with Gasteiger partial charge in [-0.3, -0.25) is 14.4 Å². The molecule has 0 saturated carbocycles. The Kier molecular flexibility index (Phi) is 37.9. The molecule has 0 fully saturated rings. The second-order valence-corrected chi connectivity index (χ2v) is 16.2. The van der Waals surface area contributed by atoms with E-state index in [4.69, 9.17) is 14.2 Å². The molecule has 0 N–H and O–H groups in total. The first-order chi connectivity index (χ1) is 25.3. The molecule has 0 aromatic carbocycles. The van der Waals surface area contributed by atoms with Crippen molar-refractivity contribution >= 4 is 17.9 Å². The highest BCUT2D eigenvalue weighted by molar-refractivity contribution is 5.71. The molecule has 6 nitrogen and oxygen atoms in total. The lowest BCUT2D eigenvalue weighted by Gasteiger charge is -2.18. The number of hydrogen-bond donors (Lipinski definition) is 0. The van der Waals surface area contributed by atoms with Gasteiger partial charge in [-0.1, -0.05) is 208 Å². The maximum Gasteiger partial charge on any atom is 0.306 e. The van der Waals surface area contributed by atoms with Crippen LogP contribution in [0.1, 0.15) is 247 Å². The number of carbonyl (C=O) groups is 3. The van der Waals surface area contributed by atoms with Crippen LogP contribution in [0, 0.1) is 11.8 Å². The van der Waals surface area contributed by atoms with E-state index in [-0.39, 0.29) is 31.1 Å². The molecule has 308 valence electrons. The van der Waals surface area contributed by atoms with E-state index in [1.54, 1.807) is 0 Å². The summed E-state index contributed by atoms with van der Waals surface area (Å²) in [6.45, 7) is 11.3. The van der Waals surface area contributed by atoms with Crippen molar-refractivity contribution in [2.45, 2.75) is 253 Å². The summed E-state index contributed by atoms with van der Waals surface area (Å²) in [4.78, 5) is 37.7. The highest BCUT2D eigenvalue weighted by atomic mass is 16.6. The molecule has 0 spiro atoms. The highest BCUT2D eigenvalue weighted by Crippen LogP contribution is 2.17. The maximum atomic E-state index is 12.7. The molecule has 0 amide bonds. The number of rotatable bonds is 40. The molecule has 0 saturated heterocycles. The molecule has 0 aliphatic carbocycles. The largest absolute Gasteiger partial charge is 0.462 e. The van der Waals surface area contributed by atoms with Gasteiger partial charge < -0.3 is 14.2 Å². The van der Waals surface area contributed by atoms with Crippen molar-refractivity contribution in [3.05, 3.63) is 0 Å². The molecule has 0 aromatic rings. The van der Waals surface area contributed by atoms with Crippen LogP contribution in [0.2, 0.25) is 0 Å². The van der Waals surface area contributed by atoms with Crippen molar-refractivity contribution in [1.29, 1.82) is 0 Å². The minimum absolute atomic E-state index is 0.0656. The first-order valence-electron chi connectivity index (χ1n) is 22.8. The Bertz CT molecular complexity index is 798. The summed E-state index contributed by atoms with van der Waals surface area (Å²) in [5.74, 6) is 0.820. The van der Waals surface area contributed by atoms with E-state index < -0.39 is 6.10 Å². The maximum absolute atomic E-state index is 12.7. The van der Waals surface area contributed by atoms with E-state index in [0.717, 1.165) is 69.6 Å². The zero-order valence-corrected chi connectivity index (χ0v) is 35.4.